The van der Waals surface area contributed by atoms with Crippen molar-refractivity contribution in [3.05, 3.63) is 40.2 Å². The first-order valence-electron chi connectivity index (χ1n) is 5.17. The van der Waals surface area contributed by atoms with Gasteiger partial charge in [0.2, 0.25) is 0 Å². The summed E-state index contributed by atoms with van der Waals surface area (Å²) < 4.78 is 14.6. The molecule has 0 fully saturated rings. The van der Waals surface area contributed by atoms with Gasteiger partial charge in [-0.1, -0.05) is 13.8 Å². The molecule has 0 saturated heterocycles. The highest BCUT2D eigenvalue weighted by Gasteiger charge is 2.11. The van der Waals surface area contributed by atoms with Gasteiger partial charge < -0.3 is 0 Å². The SMILES string of the molecule is CC(C)c1nc(=O)n(C)c2ccc(F)cc12. The molecule has 0 amide bonds. The van der Waals surface area contributed by atoms with Gasteiger partial charge in [-0.3, -0.25) is 4.57 Å². The highest BCUT2D eigenvalue weighted by atomic mass is 19.1. The van der Waals surface area contributed by atoms with E-state index in [1.807, 2.05) is 13.8 Å². The van der Waals surface area contributed by atoms with Gasteiger partial charge in [0.25, 0.3) is 0 Å². The van der Waals surface area contributed by atoms with Gasteiger partial charge in [0.1, 0.15) is 5.82 Å². The van der Waals surface area contributed by atoms with Crippen molar-refractivity contribution >= 4 is 10.9 Å². The van der Waals surface area contributed by atoms with E-state index in [9.17, 15) is 9.18 Å². The van der Waals surface area contributed by atoms with E-state index in [-0.39, 0.29) is 17.4 Å². The lowest BCUT2D eigenvalue weighted by Gasteiger charge is -2.11. The molecular formula is C12H13FN2O. The van der Waals surface area contributed by atoms with Crippen molar-refractivity contribution in [2.75, 3.05) is 0 Å². The zero-order valence-corrected chi connectivity index (χ0v) is 9.49. The Bertz CT molecular complexity index is 602. The number of aromatic nitrogens is 2. The van der Waals surface area contributed by atoms with Gasteiger partial charge in [0.05, 0.1) is 11.2 Å². The lowest BCUT2D eigenvalue weighted by molar-refractivity contribution is 0.628. The third kappa shape index (κ3) is 1.60. The normalized spacial score (nSPS) is 11.3. The van der Waals surface area contributed by atoms with Crippen LogP contribution in [0.1, 0.15) is 25.5 Å². The molecule has 0 bridgehead atoms. The van der Waals surface area contributed by atoms with E-state index in [1.54, 1.807) is 13.1 Å². The Morgan fingerprint density at radius 3 is 2.69 bits per heavy atom. The maximum atomic E-state index is 13.2. The minimum Gasteiger partial charge on any atom is -0.295 e. The fourth-order valence-electron chi connectivity index (χ4n) is 1.79. The number of rotatable bonds is 1. The van der Waals surface area contributed by atoms with Gasteiger partial charge in [-0.05, 0) is 24.1 Å². The molecule has 0 N–H and O–H groups in total. The van der Waals surface area contributed by atoms with Crippen LogP contribution in [-0.2, 0) is 7.05 Å². The van der Waals surface area contributed by atoms with Crippen LogP contribution in [-0.4, -0.2) is 9.55 Å². The molecule has 3 nitrogen and oxygen atoms in total. The standard InChI is InChI=1S/C12H13FN2O/c1-7(2)11-9-6-8(13)4-5-10(9)15(3)12(16)14-11/h4-7H,1-3H3. The summed E-state index contributed by atoms with van der Waals surface area (Å²) in [6.45, 7) is 3.87. The number of halogens is 1. The number of aryl methyl sites for hydroxylation is 1. The molecule has 0 atom stereocenters. The lowest BCUT2D eigenvalue weighted by Crippen LogP contribution is -2.22. The predicted molar refractivity (Wildman–Crippen MR) is 61.0 cm³/mol. The second kappa shape index (κ2) is 3.70. The number of benzene rings is 1. The van der Waals surface area contributed by atoms with Crippen molar-refractivity contribution < 1.29 is 4.39 Å². The summed E-state index contributed by atoms with van der Waals surface area (Å²) in [6, 6.07) is 4.39. The summed E-state index contributed by atoms with van der Waals surface area (Å²) in [5.41, 5.74) is 1.06. The molecule has 0 saturated carbocycles. The summed E-state index contributed by atoms with van der Waals surface area (Å²) >= 11 is 0. The van der Waals surface area contributed by atoms with Gasteiger partial charge in [0.15, 0.2) is 0 Å². The topological polar surface area (TPSA) is 34.9 Å². The van der Waals surface area contributed by atoms with Crippen LogP contribution >= 0.6 is 0 Å². The van der Waals surface area contributed by atoms with Crippen LogP contribution in [0.25, 0.3) is 10.9 Å². The zero-order chi connectivity index (χ0) is 11.9. The molecular weight excluding hydrogens is 207 g/mol. The maximum Gasteiger partial charge on any atom is 0.348 e. The average molecular weight is 220 g/mol. The van der Waals surface area contributed by atoms with Gasteiger partial charge in [-0.15, -0.1) is 0 Å². The largest absolute Gasteiger partial charge is 0.348 e. The number of hydrogen-bond acceptors (Lipinski definition) is 2. The Kier molecular flexibility index (Phi) is 2.50. The summed E-state index contributed by atoms with van der Waals surface area (Å²) in [7, 11) is 1.64. The molecule has 0 aliphatic carbocycles. The Hall–Kier alpha value is -1.71. The van der Waals surface area contributed by atoms with Crippen LogP contribution in [0.5, 0.6) is 0 Å². The van der Waals surface area contributed by atoms with E-state index in [0.717, 1.165) is 0 Å². The number of hydrogen-bond donors (Lipinski definition) is 0. The first-order valence-corrected chi connectivity index (χ1v) is 5.17. The van der Waals surface area contributed by atoms with Crippen molar-refractivity contribution in [2.24, 2.45) is 7.05 Å². The Balaban J connectivity index is 2.96. The van der Waals surface area contributed by atoms with Gasteiger partial charge >= 0.3 is 5.69 Å². The Morgan fingerprint density at radius 2 is 2.06 bits per heavy atom. The first-order chi connectivity index (χ1) is 7.50. The monoisotopic (exact) mass is 220 g/mol. The predicted octanol–water partition coefficient (Wildman–Crippen LogP) is 2.20. The molecule has 4 heteroatoms. The molecule has 1 aromatic heterocycles. The van der Waals surface area contributed by atoms with E-state index in [1.165, 1.54) is 16.7 Å². The minimum absolute atomic E-state index is 0.0956. The van der Waals surface area contributed by atoms with E-state index in [0.29, 0.717) is 16.6 Å². The molecule has 16 heavy (non-hydrogen) atoms. The zero-order valence-electron chi connectivity index (χ0n) is 9.49. The van der Waals surface area contributed by atoms with Crippen molar-refractivity contribution in [3.8, 4) is 0 Å². The van der Waals surface area contributed by atoms with E-state index < -0.39 is 0 Å². The molecule has 0 unspecified atom stereocenters. The molecule has 2 rings (SSSR count). The first kappa shape index (κ1) is 10.8. The smallest absolute Gasteiger partial charge is 0.295 e. The lowest BCUT2D eigenvalue weighted by atomic mass is 10.0. The molecule has 0 radical (unpaired) electrons. The molecule has 0 aliphatic heterocycles. The van der Waals surface area contributed by atoms with Gasteiger partial charge in [-0.2, -0.15) is 4.98 Å². The Labute approximate surface area is 92.5 Å². The molecule has 0 aliphatic rings. The quantitative estimate of drug-likeness (QED) is 0.738. The van der Waals surface area contributed by atoms with Crippen molar-refractivity contribution in [1.29, 1.82) is 0 Å². The van der Waals surface area contributed by atoms with Crippen LogP contribution in [0.2, 0.25) is 0 Å². The fraction of sp³-hybridized carbons (Fsp3) is 0.333. The molecule has 2 aromatic rings. The van der Waals surface area contributed by atoms with E-state index in [2.05, 4.69) is 4.98 Å². The summed E-state index contributed by atoms with van der Waals surface area (Å²) in [4.78, 5) is 15.6. The summed E-state index contributed by atoms with van der Waals surface area (Å²) in [5.74, 6) is -0.215. The number of fused-ring (bicyclic) bond motifs is 1. The van der Waals surface area contributed by atoms with Crippen LogP contribution in [0.15, 0.2) is 23.0 Å². The summed E-state index contributed by atoms with van der Waals surface area (Å²) in [5, 5.41) is 0.706. The second-order valence-electron chi connectivity index (χ2n) is 4.15. The van der Waals surface area contributed by atoms with E-state index >= 15 is 0 Å². The maximum absolute atomic E-state index is 13.2. The fourth-order valence-corrected chi connectivity index (χ4v) is 1.79. The average Bonchev–Trinajstić information content (AvgIpc) is 2.22. The highest BCUT2D eigenvalue weighted by Crippen LogP contribution is 2.22. The second-order valence-corrected chi connectivity index (χ2v) is 4.15. The molecule has 84 valence electrons. The molecule has 1 heterocycles. The highest BCUT2D eigenvalue weighted by molar-refractivity contribution is 5.81. The Morgan fingerprint density at radius 1 is 1.38 bits per heavy atom. The van der Waals surface area contributed by atoms with E-state index in [4.69, 9.17) is 0 Å². The van der Waals surface area contributed by atoms with Crippen LogP contribution in [0.3, 0.4) is 0 Å². The van der Waals surface area contributed by atoms with Crippen molar-refractivity contribution in [3.63, 3.8) is 0 Å². The van der Waals surface area contributed by atoms with Crippen molar-refractivity contribution in [1.82, 2.24) is 9.55 Å². The third-order valence-electron chi connectivity index (χ3n) is 2.65. The summed E-state index contributed by atoms with van der Waals surface area (Å²) in [6.07, 6.45) is 0. The van der Waals surface area contributed by atoms with Gasteiger partial charge in [0, 0.05) is 12.4 Å². The molecule has 0 spiro atoms. The van der Waals surface area contributed by atoms with Crippen molar-refractivity contribution in [2.45, 2.75) is 19.8 Å². The minimum atomic E-state index is -0.310. The van der Waals surface area contributed by atoms with Crippen LogP contribution in [0, 0.1) is 5.82 Å². The number of nitrogens with zero attached hydrogens (tertiary/aromatic N) is 2. The third-order valence-corrected chi connectivity index (χ3v) is 2.65. The van der Waals surface area contributed by atoms with Crippen LogP contribution in [0.4, 0.5) is 4.39 Å². The van der Waals surface area contributed by atoms with Crippen LogP contribution < -0.4 is 5.69 Å². The molecule has 1 aromatic carbocycles. The van der Waals surface area contributed by atoms with Gasteiger partial charge in [-0.25, -0.2) is 9.18 Å².